The van der Waals surface area contributed by atoms with E-state index in [2.05, 4.69) is 5.32 Å². The number of hydrogen-bond acceptors (Lipinski definition) is 4. The molecule has 30 heavy (non-hydrogen) atoms. The molecule has 8 heteroatoms. The summed E-state index contributed by atoms with van der Waals surface area (Å²) < 4.78 is 24.3. The number of ether oxygens (including phenoxy) is 2. The Kier molecular flexibility index (Phi) is 6.62. The average Bonchev–Trinajstić information content (AvgIpc) is 2.98. The lowest BCUT2D eigenvalue weighted by molar-refractivity contribution is -0.123. The summed E-state index contributed by atoms with van der Waals surface area (Å²) in [5.74, 6) is -0.0209. The molecule has 2 aromatic rings. The van der Waals surface area contributed by atoms with Gasteiger partial charge in [0.25, 0.3) is 5.91 Å². The minimum atomic E-state index is -0.551. The number of hydrogen-bond donors (Lipinski definition) is 1. The second-order valence-electron chi connectivity index (χ2n) is 6.88. The molecule has 158 valence electrons. The SMILES string of the molecule is CC[C@H](C)Oc1c(Cl)cc(/C=C2/NC(=O)N(Cc3ccc(F)cc3)C2=O)cc1OC. The molecule has 1 fully saturated rings. The smallest absolute Gasteiger partial charge is 0.329 e. The molecule has 1 saturated heterocycles. The minimum absolute atomic E-state index is 0.0358. The topological polar surface area (TPSA) is 67.9 Å². The van der Waals surface area contributed by atoms with E-state index in [1.54, 1.807) is 12.1 Å². The van der Waals surface area contributed by atoms with Crippen LogP contribution in [0.1, 0.15) is 31.4 Å². The third-order valence-electron chi connectivity index (χ3n) is 4.67. The molecule has 3 rings (SSSR count). The van der Waals surface area contributed by atoms with Gasteiger partial charge >= 0.3 is 6.03 Å². The van der Waals surface area contributed by atoms with Crippen molar-refractivity contribution >= 4 is 29.6 Å². The highest BCUT2D eigenvalue weighted by molar-refractivity contribution is 6.32. The van der Waals surface area contributed by atoms with Gasteiger partial charge in [0.15, 0.2) is 11.5 Å². The van der Waals surface area contributed by atoms with Crippen molar-refractivity contribution in [1.29, 1.82) is 0 Å². The first kappa shape index (κ1) is 21.6. The van der Waals surface area contributed by atoms with E-state index in [1.807, 2.05) is 13.8 Å². The minimum Gasteiger partial charge on any atom is -0.493 e. The Hall–Kier alpha value is -3.06. The van der Waals surface area contributed by atoms with Crippen LogP contribution in [0.15, 0.2) is 42.1 Å². The molecule has 1 aliphatic heterocycles. The van der Waals surface area contributed by atoms with Crippen molar-refractivity contribution in [2.24, 2.45) is 0 Å². The standard InChI is InChI=1S/C22H22ClFN2O4/c1-4-13(2)30-20-17(23)9-15(11-19(20)29-3)10-18-21(27)26(22(28)25-18)12-14-5-7-16(24)8-6-14/h5-11,13H,4,12H2,1-3H3,(H,25,28)/b18-10+/t13-/m0/s1. The second kappa shape index (κ2) is 9.17. The van der Waals surface area contributed by atoms with Crippen LogP contribution in [-0.2, 0) is 11.3 Å². The molecule has 1 heterocycles. The lowest BCUT2D eigenvalue weighted by atomic mass is 10.1. The summed E-state index contributed by atoms with van der Waals surface area (Å²) >= 11 is 6.37. The predicted molar refractivity (Wildman–Crippen MR) is 112 cm³/mol. The van der Waals surface area contributed by atoms with E-state index in [4.69, 9.17) is 21.1 Å². The van der Waals surface area contributed by atoms with E-state index in [0.29, 0.717) is 27.6 Å². The Morgan fingerprint density at radius 1 is 1.23 bits per heavy atom. The van der Waals surface area contributed by atoms with E-state index in [0.717, 1.165) is 11.3 Å². The Labute approximate surface area is 179 Å². The quantitative estimate of drug-likeness (QED) is 0.506. The first-order valence-corrected chi connectivity index (χ1v) is 9.83. The Morgan fingerprint density at radius 2 is 1.93 bits per heavy atom. The van der Waals surface area contributed by atoms with Crippen LogP contribution in [0.2, 0.25) is 5.02 Å². The van der Waals surface area contributed by atoms with E-state index >= 15 is 0 Å². The fourth-order valence-corrected chi connectivity index (χ4v) is 3.14. The maximum atomic E-state index is 13.1. The number of carbonyl (C=O) groups excluding carboxylic acids is 2. The Bertz CT molecular complexity index is 991. The number of nitrogens with zero attached hydrogens (tertiary/aromatic N) is 1. The summed E-state index contributed by atoms with van der Waals surface area (Å²) in [7, 11) is 1.50. The zero-order valence-corrected chi connectivity index (χ0v) is 17.6. The molecule has 6 nitrogen and oxygen atoms in total. The Balaban J connectivity index is 1.84. The van der Waals surface area contributed by atoms with Crippen molar-refractivity contribution in [2.75, 3.05) is 7.11 Å². The number of halogens is 2. The van der Waals surface area contributed by atoms with E-state index in [9.17, 15) is 14.0 Å². The summed E-state index contributed by atoms with van der Waals surface area (Å²) in [6, 6.07) is 8.38. The first-order chi connectivity index (χ1) is 14.3. The summed E-state index contributed by atoms with van der Waals surface area (Å²) in [5, 5.41) is 2.89. The molecular weight excluding hydrogens is 411 g/mol. The Morgan fingerprint density at radius 3 is 2.57 bits per heavy atom. The highest BCUT2D eigenvalue weighted by atomic mass is 35.5. The molecule has 0 bridgehead atoms. The van der Waals surface area contributed by atoms with Gasteiger partial charge in [-0.05, 0) is 54.8 Å². The molecule has 0 spiro atoms. The molecule has 0 unspecified atom stereocenters. The van der Waals surface area contributed by atoms with Gasteiger partial charge < -0.3 is 14.8 Å². The number of urea groups is 1. The molecule has 0 aromatic heterocycles. The number of benzene rings is 2. The monoisotopic (exact) mass is 432 g/mol. The lowest BCUT2D eigenvalue weighted by Gasteiger charge is -2.17. The van der Waals surface area contributed by atoms with Gasteiger partial charge in [-0.1, -0.05) is 30.7 Å². The van der Waals surface area contributed by atoms with Crippen molar-refractivity contribution in [3.8, 4) is 11.5 Å². The van der Waals surface area contributed by atoms with Gasteiger partial charge in [0, 0.05) is 0 Å². The van der Waals surface area contributed by atoms with Crippen LogP contribution < -0.4 is 14.8 Å². The van der Waals surface area contributed by atoms with Crippen LogP contribution in [0, 0.1) is 5.82 Å². The zero-order chi connectivity index (χ0) is 21.8. The van der Waals surface area contributed by atoms with Gasteiger partial charge in [-0.3, -0.25) is 9.69 Å². The number of nitrogens with one attached hydrogen (secondary N) is 1. The van der Waals surface area contributed by atoms with Gasteiger partial charge in [-0.15, -0.1) is 0 Å². The molecular formula is C22H22ClFN2O4. The number of carbonyl (C=O) groups is 2. The van der Waals surface area contributed by atoms with Crippen LogP contribution in [0.4, 0.5) is 9.18 Å². The zero-order valence-electron chi connectivity index (χ0n) is 16.9. The number of amides is 3. The maximum absolute atomic E-state index is 13.1. The molecule has 1 N–H and O–H groups in total. The first-order valence-electron chi connectivity index (χ1n) is 9.45. The molecule has 0 aliphatic carbocycles. The van der Waals surface area contributed by atoms with Crippen LogP contribution in [-0.4, -0.2) is 30.1 Å². The maximum Gasteiger partial charge on any atom is 0.329 e. The number of rotatable bonds is 7. The summed E-state index contributed by atoms with van der Waals surface area (Å²) in [5.41, 5.74) is 1.31. The fourth-order valence-electron chi connectivity index (χ4n) is 2.88. The van der Waals surface area contributed by atoms with Gasteiger partial charge in [-0.25, -0.2) is 9.18 Å². The third-order valence-corrected chi connectivity index (χ3v) is 4.95. The van der Waals surface area contributed by atoms with Crippen molar-refractivity contribution in [3.63, 3.8) is 0 Å². The van der Waals surface area contributed by atoms with Crippen LogP contribution in [0.5, 0.6) is 11.5 Å². The van der Waals surface area contributed by atoms with Gasteiger partial charge in [0.2, 0.25) is 0 Å². The lowest BCUT2D eigenvalue weighted by Crippen LogP contribution is -2.30. The average molecular weight is 433 g/mol. The van der Waals surface area contributed by atoms with Gasteiger partial charge in [-0.2, -0.15) is 0 Å². The molecule has 1 atom stereocenters. The van der Waals surface area contributed by atoms with E-state index in [-0.39, 0.29) is 24.2 Å². The summed E-state index contributed by atoms with van der Waals surface area (Å²) in [6.45, 7) is 3.96. The fraction of sp³-hybridized carbons (Fsp3) is 0.273. The van der Waals surface area contributed by atoms with Gasteiger partial charge in [0.05, 0.1) is 24.8 Å². The number of methoxy groups -OCH3 is 1. The third kappa shape index (κ3) is 4.74. The van der Waals surface area contributed by atoms with Crippen molar-refractivity contribution in [1.82, 2.24) is 10.2 Å². The van der Waals surface area contributed by atoms with Gasteiger partial charge in [0.1, 0.15) is 11.5 Å². The predicted octanol–water partition coefficient (Wildman–Crippen LogP) is 4.76. The second-order valence-corrected chi connectivity index (χ2v) is 7.28. The molecule has 2 aromatic carbocycles. The van der Waals surface area contributed by atoms with Crippen molar-refractivity contribution in [2.45, 2.75) is 32.9 Å². The largest absolute Gasteiger partial charge is 0.493 e. The highest BCUT2D eigenvalue weighted by Crippen LogP contribution is 2.38. The van der Waals surface area contributed by atoms with E-state index in [1.165, 1.54) is 37.5 Å². The van der Waals surface area contributed by atoms with E-state index < -0.39 is 11.9 Å². The van der Waals surface area contributed by atoms with Crippen LogP contribution in [0.3, 0.4) is 0 Å². The normalized spacial score (nSPS) is 16.0. The van der Waals surface area contributed by atoms with Crippen molar-refractivity contribution < 1.29 is 23.5 Å². The summed E-state index contributed by atoms with van der Waals surface area (Å²) in [6.07, 6.45) is 2.28. The highest BCUT2D eigenvalue weighted by Gasteiger charge is 2.33. The number of imide groups is 1. The van der Waals surface area contributed by atoms with Crippen molar-refractivity contribution in [3.05, 3.63) is 64.1 Å². The molecule has 1 aliphatic rings. The van der Waals surface area contributed by atoms with Crippen LogP contribution in [0.25, 0.3) is 6.08 Å². The summed E-state index contributed by atoms with van der Waals surface area (Å²) in [4.78, 5) is 26.0. The van der Waals surface area contributed by atoms with Crippen LogP contribution >= 0.6 is 11.6 Å². The molecule has 0 radical (unpaired) electrons. The molecule has 3 amide bonds. The molecule has 0 saturated carbocycles.